The monoisotopic (exact) mass is 541 g/mol. The number of benzene rings is 2. The van der Waals surface area contributed by atoms with Gasteiger partial charge in [-0.05, 0) is 63.4 Å². The Morgan fingerprint density at radius 1 is 1.06 bits per heavy atom. The summed E-state index contributed by atoms with van der Waals surface area (Å²) >= 11 is 12.4. The molecule has 0 aliphatic carbocycles. The topological polar surface area (TPSA) is 86.8 Å². The molecular formula is C25H33Cl2N3O4S. The molecule has 192 valence electrons. The highest BCUT2D eigenvalue weighted by Crippen LogP contribution is 2.26. The van der Waals surface area contributed by atoms with Crippen LogP contribution in [0.3, 0.4) is 0 Å². The number of hydrogen-bond acceptors (Lipinski definition) is 4. The molecule has 35 heavy (non-hydrogen) atoms. The Kier molecular flexibility index (Phi) is 9.62. The molecule has 0 aliphatic rings. The fraction of sp³-hybridized carbons (Fsp3) is 0.440. The van der Waals surface area contributed by atoms with Crippen LogP contribution in [0.1, 0.15) is 45.7 Å². The fourth-order valence-electron chi connectivity index (χ4n) is 3.54. The van der Waals surface area contributed by atoms with E-state index in [1.54, 1.807) is 37.3 Å². The average molecular weight is 543 g/mol. The van der Waals surface area contributed by atoms with Crippen molar-refractivity contribution in [2.24, 2.45) is 0 Å². The van der Waals surface area contributed by atoms with Crippen LogP contribution in [0.5, 0.6) is 0 Å². The first-order valence-corrected chi connectivity index (χ1v) is 13.9. The summed E-state index contributed by atoms with van der Waals surface area (Å²) in [7, 11) is -3.80. The molecule has 0 unspecified atom stereocenters. The van der Waals surface area contributed by atoms with Crippen molar-refractivity contribution in [2.45, 2.75) is 59.2 Å². The molecule has 10 heteroatoms. The minimum atomic E-state index is -3.80. The second kappa shape index (κ2) is 11.6. The molecule has 7 nitrogen and oxygen atoms in total. The Balaban J connectivity index is 2.48. The molecule has 1 atom stereocenters. The Morgan fingerprint density at radius 3 is 2.23 bits per heavy atom. The number of sulfonamides is 1. The summed E-state index contributed by atoms with van der Waals surface area (Å²) < 4.78 is 26.6. The third kappa shape index (κ3) is 8.12. The number of amides is 2. The number of aryl methyl sites for hydroxylation is 1. The fourth-order valence-corrected chi connectivity index (χ4v) is 4.89. The van der Waals surface area contributed by atoms with E-state index in [0.29, 0.717) is 27.7 Å². The average Bonchev–Trinajstić information content (AvgIpc) is 2.74. The summed E-state index contributed by atoms with van der Waals surface area (Å²) in [5, 5.41) is 3.66. The lowest BCUT2D eigenvalue weighted by Crippen LogP contribution is -2.54. The molecule has 0 aromatic heterocycles. The van der Waals surface area contributed by atoms with Crippen LogP contribution < -0.4 is 9.62 Å². The molecule has 2 amide bonds. The summed E-state index contributed by atoms with van der Waals surface area (Å²) in [6.45, 7) is 8.57. The van der Waals surface area contributed by atoms with Crippen molar-refractivity contribution >= 4 is 50.7 Å². The van der Waals surface area contributed by atoms with Crippen LogP contribution in [-0.2, 0) is 32.6 Å². The maximum atomic E-state index is 13.6. The zero-order valence-electron chi connectivity index (χ0n) is 20.9. The van der Waals surface area contributed by atoms with E-state index in [1.165, 1.54) is 4.90 Å². The summed E-state index contributed by atoms with van der Waals surface area (Å²) in [5.41, 5.74) is 1.29. The Labute approximate surface area is 218 Å². The summed E-state index contributed by atoms with van der Waals surface area (Å²) in [6.07, 6.45) is 1.65. The van der Waals surface area contributed by atoms with Crippen molar-refractivity contribution < 1.29 is 18.0 Å². The SMILES string of the molecule is CCc1ccccc1N(CC(=O)N(Cc1ccc(Cl)cc1Cl)[C@H](C)C(=O)NC(C)(C)C)S(C)(=O)=O. The minimum absolute atomic E-state index is 0.000587. The van der Waals surface area contributed by atoms with Crippen LogP contribution in [-0.4, -0.2) is 49.5 Å². The van der Waals surface area contributed by atoms with Crippen LogP contribution in [0.2, 0.25) is 10.0 Å². The number of nitrogens with zero attached hydrogens (tertiary/aromatic N) is 2. The first-order chi connectivity index (χ1) is 16.1. The van der Waals surface area contributed by atoms with E-state index in [2.05, 4.69) is 5.32 Å². The van der Waals surface area contributed by atoms with Gasteiger partial charge in [-0.15, -0.1) is 0 Å². The molecule has 2 aromatic rings. The van der Waals surface area contributed by atoms with Gasteiger partial charge in [-0.1, -0.05) is 54.4 Å². The first-order valence-electron chi connectivity index (χ1n) is 11.2. The molecule has 2 rings (SSSR count). The standard InChI is InChI=1S/C25H33Cl2N3O4S/c1-7-18-10-8-9-11-22(18)30(35(6,33)34)16-23(31)29(17(2)24(32)28-25(3,4)5)15-19-12-13-20(26)14-21(19)27/h8-14,17H,7,15-16H2,1-6H3,(H,28,32)/t17-/m1/s1. The molecule has 0 saturated heterocycles. The van der Waals surface area contributed by atoms with Crippen molar-refractivity contribution in [1.82, 2.24) is 10.2 Å². The van der Waals surface area contributed by atoms with E-state index in [-0.39, 0.29) is 12.5 Å². The zero-order chi connectivity index (χ0) is 26.6. The van der Waals surface area contributed by atoms with Gasteiger partial charge in [0, 0.05) is 22.1 Å². The van der Waals surface area contributed by atoms with Crippen LogP contribution in [0.4, 0.5) is 5.69 Å². The van der Waals surface area contributed by atoms with Gasteiger partial charge in [0.25, 0.3) is 0 Å². The van der Waals surface area contributed by atoms with Crippen LogP contribution in [0.15, 0.2) is 42.5 Å². The number of nitrogens with one attached hydrogen (secondary N) is 1. The molecule has 0 radical (unpaired) electrons. The lowest BCUT2D eigenvalue weighted by Gasteiger charge is -2.33. The van der Waals surface area contributed by atoms with Gasteiger partial charge in [-0.2, -0.15) is 0 Å². The predicted molar refractivity (Wildman–Crippen MR) is 142 cm³/mol. The number of para-hydroxylation sites is 1. The van der Waals surface area contributed by atoms with Gasteiger partial charge >= 0.3 is 0 Å². The summed E-state index contributed by atoms with van der Waals surface area (Å²) in [5.74, 6) is -0.903. The third-order valence-corrected chi connectivity index (χ3v) is 7.06. The lowest BCUT2D eigenvalue weighted by atomic mass is 10.1. The largest absolute Gasteiger partial charge is 0.350 e. The molecule has 1 N–H and O–H groups in total. The van der Waals surface area contributed by atoms with E-state index in [9.17, 15) is 18.0 Å². The van der Waals surface area contributed by atoms with Crippen molar-refractivity contribution in [2.75, 3.05) is 17.1 Å². The molecular weight excluding hydrogens is 509 g/mol. The van der Waals surface area contributed by atoms with Crippen LogP contribution in [0.25, 0.3) is 0 Å². The van der Waals surface area contributed by atoms with Gasteiger partial charge in [-0.25, -0.2) is 8.42 Å². The van der Waals surface area contributed by atoms with Gasteiger partial charge in [0.15, 0.2) is 0 Å². The van der Waals surface area contributed by atoms with Gasteiger partial charge < -0.3 is 10.2 Å². The van der Waals surface area contributed by atoms with E-state index in [4.69, 9.17) is 23.2 Å². The maximum Gasteiger partial charge on any atom is 0.244 e. The van der Waals surface area contributed by atoms with Gasteiger partial charge in [0.1, 0.15) is 12.6 Å². The summed E-state index contributed by atoms with van der Waals surface area (Å²) in [6, 6.07) is 11.0. The molecule has 0 spiro atoms. The van der Waals surface area contributed by atoms with Crippen molar-refractivity contribution in [3.63, 3.8) is 0 Å². The quantitative estimate of drug-likeness (QED) is 0.500. The van der Waals surface area contributed by atoms with E-state index in [0.717, 1.165) is 16.1 Å². The second-order valence-electron chi connectivity index (χ2n) is 9.42. The lowest BCUT2D eigenvalue weighted by molar-refractivity contribution is -0.140. The number of anilines is 1. The molecule has 0 saturated carbocycles. The number of carbonyl (C=O) groups is 2. The molecule has 0 fully saturated rings. The van der Waals surface area contributed by atoms with Gasteiger partial charge in [0.05, 0.1) is 11.9 Å². The second-order valence-corrected chi connectivity index (χ2v) is 12.2. The van der Waals surface area contributed by atoms with E-state index < -0.39 is 34.1 Å². The third-order valence-electron chi connectivity index (χ3n) is 5.34. The highest BCUT2D eigenvalue weighted by atomic mass is 35.5. The first kappa shape index (κ1) is 28.9. The van der Waals surface area contributed by atoms with Crippen molar-refractivity contribution in [3.8, 4) is 0 Å². The molecule has 0 heterocycles. The van der Waals surface area contributed by atoms with Gasteiger partial charge in [-0.3, -0.25) is 13.9 Å². The number of rotatable bonds is 9. The molecule has 2 aromatic carbocycles. The maximum absolute atomic E-state index is 13.6. The Bertz CT molecular complexity index is 1180. The Hall–Kier alpha value is -2.29. The Morgan fingerprint density at radius 2 is 1.69 bits per heavy atom. The predicted octanol–water partition coefficient (Wildman–Crippen LogP) is 4.65. The smallest absolute Gasteiger partial charge is 0.244 e. The van der Waals surface area contributed by atoms with Crippen molar-refractivity contribution in [1.29, 1.82) is 0 Å². The number of hydrogen-bond donors (Lipinski definition) is 1. The number of halogens is 2. The molecule has 0 aliphatic heterocycles. The van der Waals surface area contributed by atoms with Crippen LogP contribution in [0, 0.1) is 0 Å². The normalized spacial score (nSPS) is 12.7. The minimum Gasteiger partial charge on any atom is -0.350 e. The van der Waals surface area contributed by atoms with Crippen LogP contribution >= 0.6 is 23.2 Å². The van der Waals surface area contributed by atoms with Crippen molar-refractivity contribution in [3.05, 3.63) is 63.6 Å². The molecule has 0 bridgehead atoms. The highest BCUT2D eigenvalue weighted by Gasteiger charge is 2.32. The summed E-state index contributed by atoms with van der Waals surface area (Å²) in [4.78, 5) is 28.0. The zero-order valence-corrected chi connectivity index (χ0v) is 23.3. The van der Waals surface area contributed by atoms with E-state index >= 15 is 0 Å². The highest BCUT2D eigenvalue weighted by molar-refractivity contribution is 7.92. The van der Waals surface area contributed by atoms with Gasteiger partial charge in [0.2, 0.25) is 21.8 Å². The number of carbonyl (C=O) groups excluding carboxylic acids is 2. The van der Waals surface area contributed by atoms with E-state index in [1.807, 2.05) is 39.8 Å².